The smallest absolute Gasteiger partial charge is 0.663 e. The van der Waals surface area contributed by atoms with E-state index >= 15 is 0 Å². The molecule has 4 nitrogen and oxygen atoms in total. The second kappa shape index (κ2) is 32.2. The van der Waals surface area contributed by atoms with Gasteiger partial charge in [0.1, 0.15) is 0 Å². The summed E-state index contributed by atoms with van der Waals surface area (Å²) in [5.74, 6) is 0. The molecule has 0 saturated heterocycles. The third-order valence-electron chi connectivity index (χ3n) is 2.09. The van der Waals surface area contributed by atoms with Gasteiger partial charge in [0.15, 0.2) is 0 Å². The van der Waals surface area contributed by atoms with Crippen molar-refractivity contribution in [1.82, 2.24) is 0 Å². The van der Waals surface area contributed by atoms with Gasteiger partial charge in [-0.2, -0.15) is 26.2 Å². The van der Waals surface area contributed by atoms with Gasteiger partial charge in [-0.05, 0) is 0 Å². The van der Waals surface area contributed by atoms with E-state index in [9.17, 15) is 0 Å². The Balaban J connectivity index is -0.0000000711. The van der Waals surface area contributed by atoms with E-state index in [4.69, 9.17) is 0 Å². The Bertz CT molecular complexity index is 151. The summed E-state index contributed by atoms with van der Waals surface area (Å²) in [4.78, 5) is 0. The molecule has 0 radical (unpaired) electrons. The average molecular weight is 392 g/mol. The predicted octanol–water partition coefficient (Wildman–Crippen LogP) is 7.15. The Morgan fingerprint density at radius 1 is 0.440 bits per heavy atom. The van der Waals surface area contributed by atoms with E-state index in [1.807, 2.05) is 27.7 Å². The van der Waals surface area contributed by atoms with E-state index in [0.717, 1.165) is 26.2 Å². The van der Waals surface area contributed by atoms with Crippen LogP contribution in [-0.4, -0.2) is 50.3 Å². The summed E-state index contributed by atoms with van der Waals surface area (Å²) < 4.78 is 0. The molecule has 0 rings (SSSR count). The van der Waals surface area contributed by atoms with Gasteiger partial charge in [-0.1, -0.05) is 83.1 Å². The van der Waals surface area contributed by atoms with Crippen molar-refractivity contribution in [3.05, 3.63) is 21.3 Å². The summed E-state index contributed by atoms with van der Waals surface area (Å²) in [7, 11) is 0. The number of hydrogen-bond acceptors (Lipinski definition) is 0. The molecule has 0 fully saturated rings. The Morgan fingerprint density at radius 3 is 0.600 bits per heavy atom. The fraction of sp³-hybridized carbons (Fsp3) is 1.00. The molecule has 0 heterocycles. The van der Waals surface area contributed by atoms with Crippen LogP contribution in [0.25, 0.3) is 21.3 Å². The number of nitrogens with zero attached hydrogens (tertiary/aromatic N) is 4. The summed E-state index contributed by atoms with van der Waals surface area (Å²) in [6.45, 7) is 28.8. The summed E-state index contributed by atoms with van der Waals surface area (Å²) in [6, 6.07) is 2.00. The topological polar surface area (TPSA) is 56.4 Å². The molecule has 0 amide bonds. The zero-order valence-corrected chi connectivity index (χ0v) is 21.0. The first kappa shape index (κ1) is 36.5. The molecule has 0 aromatic rings. The molecule has 0 unspecified atom stereocenters. The zero-order chi connectivity index (χ0) is 20.0. The van der Waals surface area contributed by atoms with Crippen molar-refractivity contribution in [1.29, 1.82) is 0 Å². The van der Waals surface area contributed by atoms with E-state index in [2.05, 4.69) is 76.7 Å². The molecule has 0 aliphatic rings. The Hall–Kier alpha value is 0.554. The van der Waals surface area contributed by atoms with Crippen LogP contribution in [0, 0.1) is 0 Å². The Morgan fingerprint density at radius 2 is 0.600 bits per heavy atom. The maximum absolute atomic E-state index is 4.28. The average Bonchev–Trinajstić information content (AvgIpc) is 2.39. The third kappa shape index (κ3) is 79.3. The first-order valence-electron chi connectivity index (χ1n) is 9.74. The van der Waals surface area contributed by atoms with Crippen LogP contribution in [0.1, 0.15) is 83.1 Å². The molecule has 0 aromatic carbocycles. The quantitative estimate of drug-likeness (QED) is 0.394. The Labute approximate surface area is 176 Å². The van der Waals surface area contributed by atoms with Crippen LogP contribution >= 0.6 is 0 Å². The van der Waals surface area contributed by atoms with Crippen LogP contribution < -0.4 is 0 Å². The molecular formula is C20H48N4Ti. The summed E-state index contributed by atoms with van der Waals surface area (Å²) in [6.07, 6.45) is 0. The van der Waals surface area contributed by atoms with Gasteiger partial charge in [0, 0.05) is 0 Å². The van der Waals surface area contributed by atoms with Crippen LogP contribution in [-0.2, 0) is 21.7 Å². The standard InChI is InChI=1S/2C6H14N.2C4H10N.Ti/c2*1-5(2)7-6(3)4;2*1-3-5-4-2;/h2*5-6H,1-4H3;2*3-4H2,1-2H3;/q4*-1;+4. The SMILES string of the molecule is CC(C)[N-]C(C)C.CC(C)[N-]C(C)C.CC[N-]CC.CC[N-]CC.[Ti+4]. The first-order valence-corrected chi connectivity index (χ1v) is 9.74. The minimum atomic E-state index is 0. The van der Waals surface area contributed by atoms with Gasteiger partial charge in [-0.3, -0.25) is 0 Å². The maximum Gasteiger partial charge on any atom is 4.00 e. The molecule has 152 valence electrons. The second-order valence-electron chi connectivity index (χ2n) is 6.39. The fourth-order valence-electron chi connectivity index (χ4n) is 1.64. The molecule has 25 heavy (non-hydrogen) atoms. The van der Waals surface area contributed by atoms with Crippen molar-refractivity contribution in [3.8, 4) is 0 Å². The second-order valence-corrected chi connectivity index (χ2v) is 6.39. The van der Waals surface area contributed by atoms with Crippen LogP contribution in [0.3, 0.4) is 0 Å². The van der Waals surface area contributed by atoms with Crippen LogP contribution in [0.2, 0.25) is 0 Å². The third-order valence-corrected chi connectivity index (χ3v) is 2.09. The zero-order valence-electron chi connectivity index (χ0n) is 19.4. The summed E-state index contributed by atoms with van der Waals surface area (Å²) in [5.41, 5.74) is 0. The van der Waals surface area contributed by atoms with Gasteiger partial charge in [0.25, 0.3) is 0 Å². The van der Waals surface area contributed by atoms with Crippen molar-refractivity contribution >= 4 is 0 Å². The molecule has 0 N–H and O–H groups in total. The van der Waals surface area contributed by atoms with Crippen LogP contribution in [0.4, 0.5) is 0 Å². The monoisotopic (exact) mass is 392 g/mol. The van der Waals surface area contributed by atoms with Crippen molar-refractivity contribution < 1.29 is 21.7 Å². The van der Waals surface area contributed by atoms with E-state index in [-0.39, 0.29) is 21.7 Å². The normalized spacial score (nSPS) is 9.60. The van der Waals surface area contributed by atoms with Gasteiger partial charge >= 0.3 is 21.7 Å². The molecule has 0 aliphatic carbocycles. The van der Waals surface area contributed by atoms with Crippen LogP contribution in [0.15, 0.2) is 0 Å². The van der Waals surface area contributed by atoms with Gasteiger partial charge in [0.2, 0.25) is 0 Å². The molecular weight excluding hydrogens is 344 g/mol. The molecule has 0 aliphatic heterocycles. The molecule has 0 aromatic heterocycles. The summed E-state index contributed by atoms with van der Waals surface area (Å²) in [5, 5.41) is 16.5. The predicted molar refractivity (Wildman–Crippen MR) is 116 cm³/mol. The maximum atomic E-state index is 4.28. The van der Waals surface area contributed by atoms with E-state index in [0.29, 0.717) is 24.2 Å². The minimum Gasteiger partial charge on any atom is -0.663 e. The fourth-order valence-corrected chi connectivity index (χ4v) is 1.64. The molecule has 0 bridgehead atoms. The molecule has 5 heteroatoms. The van der Waals surface area contributed by atoms with Gasteiger partial charge in [-0.25, -0.2) is 0 Å². The van der Waals surface area contributed by atoms with Crippen molar-refractivity contribution in [2.75, 3.05) is 26.2 Å². The summed E-state index contributed by atoms with van der Waals surface area (Å²) >= 11 is 0. The van der Waals surface area contributed by atoms with Crippen molar-refractivity contribution in [2.45, 2.75) is 107 Å². The van der Waals surface area contributed by atoms with Gasteiger partial charge < -0.3 is 21.3 Å². The van der Waals surface area contributed by atoms with Gasteiger partial charge in [-0.15, -0.1) is 24.2 Å². The molecule has 0 atom stereocenters. The largest absolute Gasteiger partial charge is 4.00 e. The number of rotatable bonds is 8. The number of hydrogen-bond donors (Lipinski definition) is 0. The van der Waals surface area contributed by atoms with Crippen LogP contribution in [0.5, 0.6) is 0 Å². The molecule has 0 spiro atoms. The van der Waals surface area contributed by atoms with E-state index in [1.54, 1.807) is 0 Å². The van der Waals surface area contributed by atoms with E-state index < -0.39 is 0 Å². The van der Waals surface area contributed by atoms with Crippen molar-refractivity contribution in [2.24, 2.45) is 0 Å². The van der Waals surface area contributed by atoms with E-state index in [1.165, 1.54) is 0 Å². The van der Waals surface area contributed by atoms with Gasteiger partial charge in [0.05, 0.1) is 0 Å². The molecule has 0 saturated carbocycles. The first-order chi connectivity index (χ1) is 11.1. The van der Waals surface area contributed by atoms with Crippen molar-refractivity contribution in [3.63, 3.8) is 0 Å². The Kier molecular flexibility index (Phi) is 47.0. The minimum absolute atomic E-state index is 0.